The number of aryl methyl sites for hydroxylation is 1. The molecule has 0 spiro atoms. The van der Waals surface area contributed by atoms with Gasteiger partial charge >= 0.3 is 0 Å². The minimum absolute atomic E-state index is 0.0465. The summed E-state index contributed by atoms with van der Waals surface area (Å²) in [7, 11) is 0. The van der Waals surface area contributed by atoms with Crippen LogP contribution in [-0.4, -0.2) is 12.4 Å². The number of ether oxygens (including phenoxy) is 1. The Kier molecular flexibility index (Phi) is 3.72. The van der Waals surface area contributed by atoms with Crippen LogP contribution in [0.15, 0.2) is 48.5 Å². The topological polar surface area (TPSA) is 26.3 Å². The first-order valence-electron chi connectivity index (χ1n) is 5.64. The number of carbonyl (C=O) groups is 1. The van der Waals surface area contributed by atoms with E-state index in [2.05, 4.69) is 0 Å². The van der Waals surface area contributed by atoms with Crippen LogP contribution in [0, 0.1) is 12.7 Å². The van der Waals surface area contributed by atoms with Crippen molar-refractivity contribution in [3.05, 3.63) is 65.5 Å². The highest BCUT2D eigenvalue weighted by Gasteiger charge is 2.08. The Balaban J connectivity index is 2.02. The SMILES string of the molecule is Cc1cc(C(=O)COc2ccccc2)ccc1F. The Bertz CT molecular complexity index is 550. The maximum Gasteiger partial charge on any atom is 0.200 e. The molecule has 0 saturated heterocycles. The van der Waals surface area contributed by atoms with Crippen LogP contribution in [0.5, 0.6) is 5.75 Å². The Morgan fingerprint density at radius 3 is 2.56 bits per heavy atom. The van der Waals surface area contributed by atoms with Gasteiger partial charge in [0.15, 0.2) is 12.4 Å². The number of ketones is 1. The molecule has 18 heavy (non-hydrogen) atoms. The lowest BCUT2D eigenvalue weighted by atomic mass is 10.1. The van der Waals surface area contributed by atoms with Crippen molar-refractivity contribution >= 4 is 5.78 Å². The van der Waals surface area contributed by atoms with E-state index >= 15 is 0 Å². The molecule has 0 fully saturated rings. The average Bonchev–Trinajstić information content (AvgIpc) is 2.40. The van der Waals surface area contributed by atoms with Crippen LogP contribution in [0.2, 0.25) is 0 Å². The first-order chi connectivity index (χ1) is 8.66. The van der Waals surface area contributed by atoms with Gasteiger partial charge < -0.3 is 4.74 Å². The van der Waals surface area contributed by atoms with Crippen molar-refractivity contribution in [2.24, 2.45) is 0 Å². The molecular formula is C15H13FO2. The van der Waals surface area contributed by atoms with Gasteiger partial charge in [-0.25, -0.2) is 4.39 Å². The number of rotatable bonds is 4. The van der Waals surface area contributed by atoms with Crippen LogP contribution in [-0.2, 0) is 0 Å². The summed E-state index contributed by atoms with van der Waals surface area (Å²) in [4.78, 5) is 11.8. The zero-order valence-electron chi connectivity index (χ0n) is 10.0. The lowest BCUT2D eigenvalue weighted by Gasteiger charge is -2.06. The summed E-state index contributed by atoms with van der Waals surface area (Å²) in [6.45, 7) is 1.58. The van der Waals surface area contributed by atoms with Crippen LogP contribution >= 0.6 is 0 Å². The summed E-state index contributed by atoms with van der Waals surface area (Å²) < 4.78 is 18.4. The van der Waals surface area contributed by atoms with E-state index < -0.39 is 0 Å². The summed E-state index contributed by atoms with van der Waals surface area (Å²) in [6, 6.07) is 13.4. The summed E-state index contributed by atoms with van der Waals surface area (Å²) >= 11 is 0. The van der Waals surface area contributed by atoms with E-state index in [-0.39, 0.29) is 18.2 Å². The molecule has 0 aliphatic rings. The molecule has 0 radical (unpaired) electrons. The molecule has 0 aromatic heterocycles. The first-order valence-corrected chi connectivity index (χ1v) is 5.64. The summed E-state index contributed by atoms with van der Waals surface area (Å²) in [6.07, 6.45) is 0. The normalized spacial score (nSPS) is 10.1. The minimum Gasteiger partial charge on any atom is -0.485 e. The quantitative estimate of drug-likeness (QED) is 0.770. The van der Waals surface area contributed by atoms with E-state index in [9.17, 15) is 9.18 Å². The first kappa shape index (κ1) is 12.3. The van der Waals surface area contributed by atoms with Gasteiger partial charge in [-0.3, -0.25) is 4.79 Å². The van der Waals surface area contributed by atoms with Gasteiger partial charge in [0.25, 0.3) is 0 Å². The van der Waals surface area contributed by atoms with Crippen molar-refractivity contribution in [3.63, 3.8) is 0 Å². The van der Waals surface area contributed by atoms with Gasteiger partial charge in [0, 0.05) is 5.56 Å². The van der Waals surface area contributed by atoms with Crippen LogP contribution in [0.3, 0.4) is 0 Å². The summed E-state index contributed by atoms with van der Waals surface area (Å²) in [5.41, 5.74) is 0.922. The number of halogens is 1. The molecule has 3 heteroatoms. The van der Waals surface area contributed by atoms with Gasteiger partial charge in [0.05, 0.1) is 0 Å². The fourth-order valence-corrected chi connectivity index (χ4v) is 1.57. The molecule has 0 bridgehead atoms. The van der Waals surface area contributed by atoms with Crippen LogP contribution < -0.4 is 4.74 Å². The molecule has 2 nitrogen and oxygen atoms in total. The lowest BCUT2D eigenvalue weighted by Crippen LogP contribution is -2.11. The summed E-state index contributed by atoms with van der Waals surface area (Å²) in [5.74, 6) is 0.169. The number of Topliss-reactive ketones (excluding diaryl/α,β-unsaturated/α-hetero) is 1. The third-order valence-corrected chi connectivity index (χ3v) is 2.59. The van der Waals surface area contributed by atoms with E-state index in [1.165, 1.54) is 18.2 Å². The fraction of sp³-hybridized carbons (Fsp3) is 0.133. The molecule has 2 rings (SSSR count). The molecule has 2 aromatic rings. The predicted molar refractivity (Wildman–Crippen MR) is 67.4 cm³/mol. The molecule has 92 valence electrons. The molecule has 0 aliphatic carbocycles. The molecule has 0 aliphatic heterocycles. The number of hydrogen-bond donors (Lipinski definition) is 0. The molecule has 0 N–H and O–H groups in total. The minimum atomic E-state index is -0.310. The highest BCUT2D eigenvalue weighted by atomic mass is 19.1. The molecule has 2 aromatic carbocycles. The van der Waals surface area contributed by atoms with E-state index in [4.69, 9.17) is 4.74 Å². The molecule has 0 saturated carbocycles. The third-order valence-electron chi connectivity index (χ3n) is 2.59. The van der Waals surface area contributed by atoms with Crippen molar-refractivity contribution < 1.29 is 13.9 Å². The molecule has 0 heterocycles. The molecular weight excluding hydrogens is 231 g/mol. The zero-order valence-corrected chi connectivity index (χ0v) is 10.0. The second-order valence-electron chi connectivity index (χ2n) is 3.99. The van der Waals surface area contributed by atoms with Crippen LogP contribution in [0.25, 0.3) is 0 Å². The highest BCUT2D eigenvalue weighted by Crippen LogP contribution is 2.12. The van der Waals surface area contributed by atoms with E-state index in [1.54, 1.807) is 19.1 Å². The van der Waals surface area contributed by atoms with Gasteiger partial charge in [-0.1, -0.05) is 18.2 Å². The lowest BCUT2D eigenvalue weighted by molar-refractivity contribution is 0.0921. The van der Waals surface area contributed by atoms with Crippen LogP contribution in [0.4, 0.5) is 4.39 Å². The van der Waals surface area contributed by atoms with Crippen molar-refractivity contribution in [2.75, 3.05) is 6.61 Å². The summed E-state index contributed by atoms with van der Waals surface area (Å²) in [5, 5.41) is 0. The van der Waals surface area contributed by atoms with Crippen LogP contribution in [0.1, 0.15) is 15.9 Å². The number of para-hydroxylation sites is 1. The Morgan fingerprint density at radius 2 is 1.89 bits per heavy atom. The van der Waals surface area contributed by atoms with Gasteiger partial charge in [-0.15, -0.1) is 0 Å². The van der Waals surface area contributed by atoms with Gasteiger partial charge in [-0.05, 0) is 42.8 Å². The molecule has 0 atom stereocenters. The van der Waals surface area contributed by atoms with E-state index in [1.807, 2.05) is 18.2 Å². The van der Waals surface area contributed by atoms with Crippen molar-refractivity contribution in [1.82, 2.24) is 0 Å². The number of hydrogen-bond acceptors (Lipinski definition) is 2. The Morgan fingerprint density at radius 1 is 1.17 bits per heavy atom. The van der Waals surface area contributed by atoms with Gasteiger partial charge in [0.2, 0.25) is 0 Å². The predicted octanol–water partition coefficient (Wildman–Crippen LogP) is 3.40. The highest BCUT2D eigenvalue weighted by molar-refractivity contribution is 5.97. The van der Waals surface area contributed by atoms with Crippen molar-refractivity contribution in [2.45, 2.75) is 6.92 Å². The average molecular weight is 244 g/mol. The van der Waals surface area contributed by atoms with Gasteiger partial charge in [0.1, 0.15) is 11.6 Å². The monoisotopic (exact) mass is 244 g/mol. The zero-order chi connectivity index (χ0) is 13.0. The van der Waals surface area contributed by atoms with Crippen molar-refractivity contribution in [1.29, 1.82) is 0 Å². The fourth-order valence-electron chi connectivity index (χ4n) is 1.57. The second kappa shape index (κ2) is 5.45. The van der Waals surface area contributed by atoms with Gasteiger partial charge in [-0.2, -0.15) is 0 Å². The smallest absolute Gasteiger partial charge is 0.200 e. The largest absolute Gasteiger partial charge is 0.485 e. The number of benzene rings is 2. The maximum atomic E-state index is 13.1. The maximum absolute atomic E-state index is 13.1. The third kappa shape index (κ3) is 2.94. The van der Waals surface area contributed by atoms with Crippen molar-refractivity contribution in [3.8, 4) is 5.75 Å². The van der Waals surface area contributed by atoms with E-state index in [0.717, 1.165) is 0 Å². The second-order valence-corrected chi connectivity index (χ2v) is 3.99. The standard InChI is InChI=1S/C15H13FO2/c1-11-9-12(7-8-14(11)16)15(17)10-18-13-5-3-2-4-6-13/h2-9H,10H2,1H3. The van der Waals surface area contributed by atoms with E-state index in [0.29, 0.717) is 16.9 Å². The Hall–Kier alpha value is -2.16. The Labute approximate surface area is 105 Å². The number of carbonyl (C=O) groups excluding carboxylic acids is 1. The molecule has 0 unspecified atom stereocenters. The molecule has 0 amide bonds.